The Hall–Kier alpha value is -1.02. The molecule has 1 atom stereocenters. The van der Waals surface area contributed by atoms with E-state index in [9.17, 15) is 0 Å². The van der Waals surface area contributed by atoms with Gasteiger partial charge in [0.1, 0.15) is 0 Å². The van der Waals surface area contributed by atoms with E-state index in [1.807, 2.05) is 0 Å². The summed E-state index contributed by atoms with van der Waals surface area (Å²) < 4.78 is 0. The first kappa shape index (κ1) is 12.4. The number of hydrogen-bond donors (Lipinski definition) is 1. The van der Waals surface area contributed by atoms with Crippen LogP contribution in [0.5, 0.6) is 0 Å². The minimum Gasteiger partial charge on any atom is -0.371 e. The van der Waals surface area contributed by atoms with Gasteiger partial charge < -0.3 is 10.2 Å². The van der Waals surface area contributed by atoms with Crippen LogP contribution < -0.4 is 10.2 Å². The molecule has 1 heterocycles. The van der Waals surface area contributed by atoms with Crippen molar-refractivity contribution in [2.24, 2.45) is 5.92 Å². The molecule has 1 aromatic rings. The largest absolute Gasteiger partial charge is 0.371 e. The van der Waals surface area contributed by atoms with Crippen molar-refractivity contribution < 1.29 is 0 Å². The molecule has 0 aromatic heterocycles. The van der Waals surface area contributed by atoms with E-state index >= 15 is 0 Å². The molecule has 2 heteroatoms. The molecule has 2 rings (SSSR count). The van der Waals surface area contributed by atoms with E-state index in [0.29, 0.717) is 0 Å². The first-order chi connectivity index (χ1) is 8.31. The molecule has 1 aliphatic rings. The molecule has 1 fully saturated rings. The Labute approximate surface area is 105 Å². The second-order valence-corrected chi connectivity index (χ2v) is 5.10. The number of piperidine rings is 1. The number of hydrogen-bond acceptors (Lipinski definition) is 2. The lowest BCUT2D eigenvalue weighted by Crippen LogP contribution is -2.35. The van der Waals surface area contributed by atoms with Gasteiger partial charge in [-0.15, -0.1) is 0 Å². The Bertz CT molecular complexity index is 349. The van der Waals surface area contributed by atoms with Crippen LogP contribution in [0, 0.1) is 5.92 Å². The molecule has 1 aromatic carbocycles. The van der Waals surface area contributed by atoms with Crippen LogP contribution in [0.4, 0.5) is 5.69 Å². The van der Waals surface area contributed by atoms with Gasteiger partial charge in [0.2, 0.25) is 0 Å². The summed E-state index contributed by atoms with van der Waals surface area (Å²) in [5.41, 5.74) is 2.86. The van der Waals surface area contributed by atoms with Gasteiger partial charge in [0, 0.05) is 25.3 Å². The lowest BCUT2D eigenvalue weighted by Gasteiger charge is -2.34. The number of rotatable bonds is 4. The molecule has 1 N–H and O–H groups in total. The molecule has 0 spiro atoms. The Morgan fingerprint density at radius 1 is 1.35 bits per heavy atom. The highest BCUT2D eigenvalue weighted by molar-refractivity contribution is 5.54. The number of nitrogens with one attached hydrogen (secondary N) is 1. The molecular formula is C15H24N2. The zero-order valence-electron chi connectivity index (χ0n) is 11.1. The van der Waals surface area contributed by atoms with Crippen molar-refractivity contribution in [2.45, 2.75) is 33.2 Å². The van der Waals surface area contributed by atoms with Gasteiger partial charge in [-0.2, -0.15) is 0 Å². The van der Waals surface area contributed by atoms with Crippen LogP contribution in [0.1, 0.15) is 32.3 Å². The van der Waals surface area contributed by atoms with Crippen LogP contribution in [0.15, 0.2) is 24.3 Å². The third-order valence-electron chi connectivity index (χ3n) is 3.55. The summed E-state index contributed by atoms with van der Waals surface area (Å²) in [5.74, 6) is 0.830. The summed E-state index contributed by atoms with van der Waals surface area (Å²) in [6.45, 7) is 8.96. The summed E-state index contributed by atoms with van der Waals surface area (Å²) in [6, 6.07) is 8.82. The van der Waals surface area contributed by atoms with Crippen molar-refractivity contribution >= 4 is 5.69 Å². The predicted octanol–water partition coefficient (Wildman–Crippen LogP) is 3.03. The van der Waals surface area contributed by atoms with Gasteiger partial charge in [0.15, 0.2) is 0 Å². The van der Waals surface area contributed by atoms with Crippen LogP contribution in [0.2, 0.25) is 0 Å². The normalized spacial score (nSPS) is 20.6. The summed E-state index contributed by atoms with van der Waals surface area (Å²) in [6.07, 6.45) is 2.71. The molecular weight excluding hydrogens is 208 g/mol. The third kappa shape index (κ3) is 3.22. The highest BCUT2D eigenvalue weighted by Gasteiger charge is 2.18. The van der Waals surface area contributed by atoms with Crippen molar-refractivity contribution in [1.82, 2.24) is 5.32 Å². The minimum atomic E-state index is 0.830. The highest BCUT2D eigenvalue weighted by Crippen LogP contribution is 2.26. The Kier molecular flexibility index (Phi) is 4.43. The molecule has 0 saturated carbocycles. The second-order valence-electron chi connectivity index (χ2n) is 5.10. The fourth-order valence-corrected chi connectivity index (χ4v) is 2.64. The predicted molar refractivity (Wildman–Crippen MR) is 74.4 cm³/mol. The van der Waals surface area contributed by atoms with E-state index in [-0.39, 0.29) is 0 Å². The van der Waals surface area contributed by atoms with E-state index in [0.717, 1.165) is 19.0 Å². The van der Waals surface area contributed by atoms with Gasteiger partial charge in [0.25, 0.3) is 0 Å². The molecule has 0 bridgehead atoms. The highest BCUT2D eigenvalue weighted by atomic mass is 15.1. The first-order valence-corrected chi connectivity index (χ1v) is 6.85. The molecule has 17 heavy (non-hydrogen) atoms. The van der Waals surface area contributed by atoms with E-state index in [1.165, 1.54) is 37.2 Å². The van der Waals surface area contributed by atoms with Crippen molar-refractivity contribution in [3.63, 3.8) is 0 Å². The zero-order valence-corrected chi connectivity index (χ0v) is 11.1. The maximum absolute atomic E-state index is 3.43. The van der Waals surface area contributed by atoms with Crippen LogP contribution in [-0.4, -0.2) is 19.6 Å². The second kappa shape index (κ2) is 6.06. The average Bonchev–Trinajstić information content (AvgIpc) is 2.37. The van der Waals surface area contributed by atoms with Crippen molar-refractivity contribution in [3.8, 4) is 0 Å². The van der Waals surface area contributed by atoms with Gasteiger partial charge >= 0.3 is 0 Å². The lowest BCUT2D eigenvalue weighted by atomic mass is 9.99. The topological polar surface area (TPSA) is 15.3 Å². The summed E-state index contributed by atoms with van der Waals surface area (Å²) in [5, 5.41) is 3.43. The fourth-order valence-electron chi connectivity index (χ4n) is 2.64. The van der Waals surface area contributed by atoms with E-state index in [2.05, 4.69) is 48.3 Å². The van der Waals surface area contributed by atoms with Gasteiger partial charge in [-0.3, -0.25) is 0 Å². The smallest absolute Gasteiger partial charge is 0.0411 e. The summed E-state index contributed by atoms with van der Waals surface area (Å²) in [7, 11) is 0. The molecule has 0 radical (unpaired) electrons. The maximum atomic E-state index is 3.43. The van der Waals surface area contributed by atoms with Crippen LogP contribution >= 0.6 is 0 Å². The Morgan fingerprint density at radius 2 is 2.18 bits per heavy atom. The number of benzene rings is 1. The SMILES string of the molecule is CCNCc1ccccc1N1CCCC(C)C1. The van der Waals surface area contributed by atoms with Crippen LogP contribution in [-0.2, 0) is 6.54 Å². The Morgan fingerprint density at radius 3 is 2.94 bits per heavy atom. The molecule has 1 saturated heterocycles. The first-order valence-electron chi connectivity index (χ1n) is 6.85. The van der Waals surface area contributed by atoms with Crippen LogP contribution in [0.3, 0.4) is 0 Å². The number of nitrogens with zero attached hydrogens (tertiary/aromatic N) is 1. The monoisotopic (exact) mass is 232 g/mol. The van der Waals surface area contributed by atoms with Gasteiger partial charge in [-0.05, 0) is 36.9 Å². The molecule has 0 aliphatic carbocycles. The molecule has 1 unspecified atom stereocenters. The van der Waals surface area contributed by atoms with Crippen molar-refractivity contribution in [1.29, 1.82) is 0 Å². The quantitative estimate of drug-likeness (QED) is 0.858. The van der Waals surface area contributed by atoms with Gasteiger partial charge in [0.05, 0.1) is 0 Å². The summed E-state index contributed by atoms with van der Waals surface area (Å²) >= 11 is 0. The standard InChI is InChI=1S/C15H24N2/c1-3-16-11-14-8-4-5-9-15(14)17-10-6-7-13(2)12-17/h4-5,8-9,13,16H,3,6-7,10-12H2,1-2H3. The average molecular weight is 232 g/mol. The molecule has 94 valence electrons. The zero-order chi connectivity index (χ0) is 12.1. The third-order valence-corrected chi connectivity index (χ3v) is 3.55. The van der Waals surface area contributed by atoms with E-state index in [4.69, 9.17) is 0 Å². The fraction of sp³-hybridized carbons (Fsp3) is 0.600. The van der Waals surface area contributed by atoms with Gasteiger partial charge in [-0.1, -0.05) is 32.0 Å². The maximum Gasteiger partial charge on any atom is 0.0411 e. The minimum absolute atomic E-state index is 0.830. The molecule has 2 nitrogen and oxygen atoms in total. The van der Waals surface area contributed by atoms with Crippen LogP contribution in [0.25, 0.3) is 0 Å². The number of para-hydroxylation sites is 1. The molecule has 1 aliphatic heterocycles. The lowest BCUT2D eigenvalue weighted by molar-refractivity contribution is 0.446. The van der Waals surface area contributed by atoms with Crippen molar-refractivity contribution in [2.75, 3.05) is 24.5 Å². The molecule has 0 amide bonds. The van der Waals surface area contributed by atoms with E-state index < -0.39 is 0 Å². The Balaban J connectivity index is 2.12. The van der Waals surface area contributed by atoms with Crippen molar-refractivity contribution in [3.05, 3.63) is 29.8 Å². The summed E-state index contributed by atoms with van der Waals surface area (Å²) in [4.78, 5) is 2.56. The van der Waals surface area contributed by atoms with E-state index in [1.54, 1.807) is 0 Å². The number of anilines is 1. The van der Waals surface area contributed by atoms with Gasteiger partial charge in [-0.25, -0.2) is 0 Å².